The molecule has 0 aromatic heterocycles. The van der Waals surface area contributed by atoms with Gasteiger partial charge in [-0.05, 0) is 28.7 Å². The molecule has 0 radical (unpaired) electrons. The Balaban J connectivity index is 3.24. The molecule has 72 valence electrons. The van der Waals surface area contributed by atoms with Crippen molar-refractivity contribution in [1.29, 1.82) is 0 Å². The molecule has 0 heterocycles. The fraction of sp³-hybridized carbons (Fsp3) is 0.455. The van der Waals surface area contributed by atoms with Crippen molar-refractivity contribution in [3.8, 4) is 0 Å². The molecule has 0 saturated carbocycles. The summed E-state index contributed by atoms with van der Waals surface area (Å²) in [6.07, 6.45) is 0. The van der Waals surface area contributed by atoms with Gasteiger partial charge in [0.2, 0.25) is 0 Å². The van der Waals surface area contributed by atoms with Crippen LogP contribution in [0.15, 0.2) is 18.2 Å². The van der Waals surface area contributed by atoms with E-state index in [1.54, 1.807) is 0 Å². The third-order valence-electron chi connectivity index (χ3n) is 2.42. The molecule has 0 atom stereocenters. The van der Waals surface area contributed by atoms with Crippen LogP contribution < -0.4 is 5.19 Å². The molecule has 0 aliphatic carbocycles. The van der Waals surface area contributed by atoms with Crippen molar-refractivity contribution < 1.29 is 4.80 Å². The van der Waals surface area contributed by atoms with E-state index >= 15 is 0 Å². The molecule has 1 nitrogen and oxygen atoms in total. The average Bonchev–Trinajstić information content (AvgIpc) is 2.02. The topological polar surface area (TPSA) is 20.2 Å². The molecule has 13 heavy (non-hydrogen) atoms. The van der Waals surface area contributed by atoms with E-state index < -0.39 is 9.76 Å². The summed E-state index contributed by atoms with van der Waals surface area (Å²) in [5.41, 5.74) is 2.82. The minimum atomic E-state index is -1.02. The van der Waals surface area contributed by atoms with Crippen molar-refractivity contribution in [2.24, 2.45) is 0 Å². The fourth-order valence-electron chi connectivity index (χ4n) is 1.67. The smallest absolute Gasteiger partial charge is 0.188 e. The van der Waals surface area contributed by atoms with E-state index in [1.807, 2.05) is 12.1 Å². The summed E-state index contributed by atoms with van der Waals surface area (Å²) >= 11 is 0. The van der Waals surface area contributed by atoms with Crippen LogP contribution in [-0.4, -0.2) is 14.6 Å². The third-order valence-corrected chi connectivity index (χ3v) is 3.53. The van der Waals surface area contributed by atoms with Crippen molar-refractivity contribution in [2.45, 2.75) is 33.1 Å². The Kier molecular flexibility index (Phi) is 2.93. The van der Waals surface area contributed by atoms with Crippen molar-refractivity contribution >= 4 is 14.9 Å². The molecular weight excluding hydrogens is 176 g/mol. The second-order valence-corrected chi connectivity index (χ2v) is 5.58. The van der Waals surface area contributed by atoms with Crippen LogP contribution in [0, 0.1) is 6.92 Å². The maximum absolute atomic E-state index is 9.25. The van der Waals surface area contributed by atoms with E-state index in [4.69, 9.17) is 0 Å². The lowest BCUT2D eigenvalue weighted by Gasteiger charge is -2.22. The second kappa shape index (κ2) is 3.64. The summed E-state index contributed by atoms with van der Waals surface area (Å²) in [5.74, 6) is 0. The summed E-state index contributed by atoms with van der Waals surface area (Å²) in [6.45, 7) is 8.73. The normalized spacial score (nSPS) is 12.7. The first-order chi connectivity index (χ1) is 5.96. The minimum Gasteiger partial charge on any atom is -0.433 e. The second-order valence-electron chi connectivity index (χ2n) is 4.50. The van der Waals surface area contributed by atoms with Gasteiger partial charge in [0.1, 0.15) is 0 Å². The van der Waals surface area contributed by atoms with Gasteiger partial charge in [-0.2, -0.15) is 0 Å². The summed E-state index contributed by atoms with van der Waals surface area (Å²) in [5, 5.41) is 1.17. The molecule has 0 saturated heterocycles. The Hall–Kier alpha value is -0.603. The van der Waals surface area contributed by atoms with Gasteiger partial charge in [-0.15, -0.1) is 0 Å². The molecule has 1 aromatic rings. The maximum Gasteiger partial charge on any atom is 0.188 e. The minimum absolute atomic E-state index is 0.184. The number of hydrogen-bond donors (Lipinski definition) is 1. The monoisotopic (exact) mass is 194 g/mol. The van der Waals surface area contributed by atoms with Gasteiger partial charge in [-0.25, -0.2) is 0 Å². The molecule has 0 fully saturated rings. The lowest BCUT2D eigenvalue weighted by Crippen LogP contribution is -2.23. The van der Waals surface area contributed by atoms with Crippen LogP contribution in [0.5, 0.6) is 0 Å². The number of hydrogen-bond acceptors (Lipinski definition) is 1. The SMILES string of the molecule is Cc1c([SiH2]O)cccc1C(C)(C)C. The molecule has 1 aromatic carbocycles. The Bertz CT molecular complexity index is 299. The largest absolute Gasteiger partial charge is 0.433 e. The lowest BCUT2D eigenvalue weighted by atomic mass is 9.84. The Morgan fingerprint density at radius 2 is 1.85 bits per heavy atom. The summed E-state index contributed by atoms with van der Waals surface area (Å²) < 4.78 is 0. The summed E-state index contributed by atoms with van der Waals surface area (Å²) in [7, 11) is -1.02. The van der Waals surface area contributed by atoms with Gasteiger partial charge in [0, 0.05) is 0 Å². The molecule has 0 unspecified atom stereocenters. The predicted octanol–water partition coefficient (Wildman–Crippen LogP) is 0.994. The van der Waals surface area contributed by atoms with Crippen LogP contribution in [0.25, 0.3) is 0 Å². The predicted molar refractivity (Wildman–Crippen MR) is 60.3 cm³/mol. The van der Waals surface area contributed by atoms with Crippen molar-refractivity contribution in [3.63, 3.8) is 0 Å². The van der Waals surface area contributed by atoms with Crippen LogP contribution in [0.2, 0.25) is 0 Å². The third kappa shape index (κ3) is 2.20. The lowest BCUT2D eigenvalue weighted by molar-refractivity contribution is 0.585. The molecule has 2 heteroatoms. The van der Waals surface area contributed by atoms with E-state index in [0.717, 1.165) is 0 Å². The van der Waals surface area contributed by atoms with E-state index in [2.05, 4.69) is 33.8 Å². The van der Waals surface area contributed by atoms with E-state index in [-0.39, 0.29) is 5.41 Å². The summed E-state index contributed by atoms with van der Waals surface area (Å²) in [4.78, 5) is 9.25. The zero-order chi connectivity index (χ0) is 10.1. The zero-order valence-electron chi connectivity index (χ0n) is 8.89. The highest BCUT2D eigenvalue weighted by molar-refractivity contribution is 6.46. The first kappa shape index (κ1) is 10.5. The molecular formula is C11H18OSi. The molecule has 0 amide bonds. The van der Waals surface area contributed by atoms with Gasteiger partial charge in [0.15, 0.2) is 9.76 Å². The van der Waals surface area contributed by atoms with Crippen molar-refractivity contribution in [1.82, 2.24) is 0 Å². The van der Waals surface area contributed by atoms with Crippen LogP contribution >= 0.6 is 0 Å². The Morgan fingerprint density at radius 1 is 1.23 bits per heavy atom. The first-order valence-electron chi connectivity index (χ1n) is 4.66. The Morgan fingerprint density at radius 3 is 2.31 bits per heavy atom. The molecule has 0 aliphatic rings. The zero-order valence-corrected chi connectivity index (χ0v) is 10.3. The van der Waals surface area contributed by atoms with Gasteiger partial charge in [0.25, 0.3) is 0 Å². The van der Waals surface area contributed by atoms with Crippen LogP contribution in [-0.2, 0) is 5.41 Å². The standard InChI is InChI=1S/C11H18OSi/c1-8-9(11(2,3)4)6-5-7-10(8)13-12/h5-7,12H,13H2,1-4H3. The van der Waals surface area contributed by atoms with E-state index in [0.29, 0.717) is 0 Å². The van der Waals surface area contributed by atoms with Crippen molar-refractivity contribution in [3.05, 3.63) is 29.3 Å². The average molecular weight is 194 g/mol. The summed E-state index contributed by atoms with van der Waals surface area (Å²) in [6, 6.07) is 6.24. The Labute approximate surface area is 82.7 Å². The molecule has 1 rings (SSSR count). The van der Waals surface area contributed by atoms with Crippen LogP contribution in [0.4, 0.5) is 0 Å². The fourth-order valence-corrected chi connectivity index (χ4v) is 2.34. The highest BCUT2D eigenvalue weighted by atomic mass is 28.2. The van der Waals surface area contributed by atoms with Crippen LogP contribution in [0.3, 0.4) is 0 Å². The van der Waals surface area contributed by atoms with Gasteiger partial charge in [-0.1, -0.05) is 39.0 Å². The van der Waals surface area contributed by atoms with Crippen molar-refractivity contribution in [2.75, 3.05) is 0 Å². The van der Waals surface area contributed by atoms with Crippen LogP contribution in [0.1, 0.15) is 31.9 Å². The van der Waals surface area contributed by atoms with E-state index in [9.17, 15) is 4.80 Å². The highest BCUT2D eigenvalue weighted by Crippen LogP contribution is 2.23. The number of rotatable bonds is 1. The quantitative estimate of drug-likeness (QED) is 0.661. The first-order valence-corrected chi connectivity index (χ1v) is 6.00. The number of benzene rings is 1. The molecule has 0 spiro atoms. The molecule has 0 bridgehead atoms. The van der Waals surface area contributed by atoms with Gasteiger partial charge in [-0.3, -0.25) is 0 Å². The van der Waals surface area contributed by atoms with Gasteiger partial charge in [0.05, 0.1) is 0 Å². The molecule has 1 N–H and O–H groups in total. The van der Waals surface area contributed by atoms with E-state index in [1.165, 1.54) is 16.3 Å². The maximum atomic E-state index is 9.25. The van der Waals surface area contributed by atoms with Gasteiger partial charge >= 0.3 is 0 Å². The molecule has 0 aliphatic heterocycles. The van der Waals surface area contributed by atoms with Gasteiger partial charge < -0.3 is 4.80 Å². The highest BCUT2D eigenvalue weighted by Gasteiger charge is 2.16.